The van der Waals surface area contributed by atoms with Crippen LogP contribution < -0.4 is 5.32 Å². The summed E-state index contributed by atoms with van der Waals surface area (Å²) >= 11 is 1.28. The Balaban J connectivity index is 1.98. The van der Waals surface area contributed by atoms with Crippen LogP contribution in [-0.4, -0.2) is 20.6 Å². The normalized spacial score (nSPS) is 16.6. The van der Waals surface area contributed by atoms with Crippen molar-refractivity contribution in [3.8, 4) is 0 Å². The number of thioether (sulfide) groups is 1. The predicted octanol–water partition coefficient (Wildman–Crippen LogP) is 3.38. The Morgan fingerprint density at radius 3 is 2.33 bits per heavy atom. The number of hydrogen-bond acceptors (Lipinski definition) is 4. The van der Waals surface area contributed by atoms with Crippen LogP contribution in [0.15, 0.2) is 64.4 Å². The second kappa shape index (κ2) is 6.45. The molecule has 0 saturated heterocycles. The van der Waals surface area contributed by atoms with E-state index in [0.29, 0.717) is 10.5 Å². The van der Waals surface area contributed by atoms with E-state index in [-0.39, 0.29) is 15.8 Å². The van der Waals surface area contributed by atoms with E-state index in [2.05, 4.69) is 5.32 Å². The third-order valence-corrected chi connectivity index (χ3v) is 6.78. The van der Waals surface area contributed by atoms with Gasteiger partial charge in [-0.2, -0.15) is 0 Å². The minimum absolute atomic E-state index is 0.154. The van der Waals surface area contributed by atoms with Crippen molar-refractivity contribution in [2.45, 2.75) is 17.9 Å². The number of carbonyl (C=O) groups is 1. The molecule has 0 fully saturated rings. The molecule has 2 aromatic rings. The van der Waals surface area contributed by atoms with Crippen LogP contribution in [0.2, 0.25) is 0 Å². The molecule has 1 amide bonds. The Labute approximate surface area is 145 Å². The number of fused-ring (bicyclic) bond motifs is 1. The van der Waals surface area contributed by atoms with Gasteiger partial charge in [-0.05, 0) is 24.8 Å². The fraction of sp³-hybridized carbons (Fsp3) is 0.167. The van der Waals surface area contributed by atoms with Crippen molar-refractivity contribution >= 4 is 32.4 Å². The van der Waals surface area contributed by atoms with Gasteiger partial charge in [0.15, 0.2) is 4.91 Å². The van der Waals surface area contributed by atoms with Crippen molar-refractivity contribution in [3.63, 3.8) is 0 Å². The lowest BCUT2D eigenvalue weighted by molar-refractivity contribution is -0.117. The van der Waals surface area contributed by atoms with Gasteiger partial charge in [0.1, 0.15) is 0 Å². The van der Waals surface area contributed by atoms with Crippen molar-refractivity contribution in [3.05, 3.63) is 70.6 Å². The van der Waals surface area contributed by atoms with Crippen LogP contribution in [0.3, 0.4) is 0 Å². The van der Waals surface area contributed by atoms with Crippen LogP contribution in [0, 0.1) is 0 Å². The van der Waals surface area contributed by atoms with E-state index in [4.69, 9.17) is 0 Å². The number of carbonyl (C=O) groups excluding carboxylic acids is 1. The highest BCUT2D eigenvalue weighted by atomic mass is 32.2. The van der Waals surface area contributed by atoms with E-state index >= 15 is 0 Å². The highest BCUT2D eigenvalue weighted by Gasteiger charge is 2.39. The zero-order valence-corrected chi connectivity index (χ0v) is 14.9. The highest BCUT2D eigenvalue weighted by Crippen LogP contribution is 2.44. The summed E-state index contributed by atoms with van der Waals surface area (Å²) in [5.41, 5.74) is 1.52. The number of sulfone groups is 1. The molecule has 124 valence electrons. The molecule has 6 heteroatoms. The van der Waals surface area contributed by atoms with Gasteiger partial charge < -0.3 is 5.32 Å². The number of rotatable bonds is 4. The van der Waals surface area contributed by atoms with E-state index in [1.54, 1.807) is 30.5 Å². The van der Waals surface area contributed by atoms with Crippen LogP contribution >= 0.6 is 11.8 Å². The number of benzene rings is 2. The molecule has 1 N–H and O–H groups in total. The molecule has 0 radical (unpaired) electrons. The molecule has 0 spiro atoms. The van der Waals surface area contributed by atoms with Crippen LogP contribution in [0.4, 0.5) is 0 Å². The first-order valence-electron chi connectivity index (χ1n) is 7.45. The quantitative estimate of drug-likeness (QED) is 0.909. The average Bonchev–Trinajstić information content (AvgIpc) is 2.83. The maximum atomic E-state index is 12.8. The van der Waals surface area contributed by atoms with Gasteiger partial charge in [0, 0.05) is 10.5 Å². The summed E-state index contributed by atoms with van der Waals surface area (Å²) in [7, 11) is -3.79. The lowest BCUT2D eigenvalue weighted by Gasteiger charge is -2.15. The number of hydrogen-bond donors (Lipinski definition) is 1. The van der Waals surface area contributed by atoms with Gasteiger partial charge in [-0.25, -0.2) is 8.42 Å². The molecule has 0 aliphatic carbocycles. The Kier molecular flexibility index (Phi) is 4.51. The van der Waals surface area contributed by atoms with Crippen LogP contribution in [0.25, 0.3) is 4.91 Å². The highest BCUT2D eigenvalue weighted by molar-refractivity contribution is 8.10. The summed E-state index contributed by atoms with van der Waals surface area (Å²) in [5, 5.41) is 2.80. The molecule has 0 bridgehead atoms. The fourth-order valence-corrected chi connectivity index (χ4v) is 5.67. The molecule has 4 nitrogen and oxygen atoms in total. The summed E-state index contributed by atoms with van der Waals surface area (Å²) < 4.78 is 25.6. The number of nitrogens with one attached hydrogen (secondary N) is 1. The summed E-state index contributed by atoms with van der Waals surface area (Å²) in [6.07, 6.45) is 1.78. The van der Waals surface area contributed by atoms with Crippen LogP contribution in [-0.2, 0) is 14.6 Å². The van der Waals surface area contributed by atoms with Crippen molar-refractivity contribution in [2.24, 2.45) is 0 Å². The molecule has 1 aliphatic heterocycles. The van der Waals surface area contributed by atoms with Crippen LogP contribution in [0.5, 0.6) is 0 Å². The molecule has 0 aromatic heterocycles. The molecule has 2 aromatic carbocycles. The zero-order valence-electron chi connectivity index (χ0n) is 13.3. The lowest BCUT2D eigenvalue weighted by atomic mass is 10.1. The largest absolute Gasteiger partial charge is 0.345 e. The first-order valence-corrected chi connectivity index (χ1v) is 10.2. The Hall–Kier alpha value is -2.05. The van der Waals surface area contributed by atoms with E-state index < -0.39 is 15.7 Å². The maximum absolute atomic E-state index is 12.8. The number of amides is 1. The van der Waals surface area contributed by atoms with Crippen molar-refractivity contribution in [1.82, 2.24) is 5.32 Å². The first-order chi connectivity index (χ1) is 11.5. The third kappa shape index (κ3) is 2.76. The third-order valence-electron chi connectivity index (χ3n) is 3.95. The first kappa shape index (κ1) is 16.8. The molecule has 0 saturated carbocycles. The van der Waals surface area contributed by atoms with Crippen molar-refractivity contribution in [1.29, 1.82) is 0 Å². The van der Waals surface area contributed by atoms with Crippen molar-refractivity contribution in [2.75, 3.05) is 6.26 Å². The molecular weight excluding hydrogens is 342 g/mol. The molecule has 1 unspecified atom stereocenters. The fourth-order valence-electron chi connectivity index (χ4n) is 2.76. The second-order valence-corrected chi connectivity index (χ2v) is 8.14. The lowest BCUT2D eigenvalue weighted by Crippen LogP contribution is -2.30. The minimum Gasteiger partial charge on any atom is -0.345 e. The summed E-state index contributed by atoms with van der Waals surface area (Å²) in [6.45, 7) is 1.83. The molecule has 1 atom stereocenters. The molecular formula is C18H17NO3S2. The summed E-state index contributed by atoms with van der Waals surface area (Å²) in [4.78, 5) is 13.3. The molecule has 24 heavy (non-hydrogen) atoms. The monoisotopic (exact) mass is 359 g/mol. The molecule has 3 rings (SSSR count). The van der Waals surface area contributed by atoms with Gasteiger partial charge in [0.05, 0.1) is 10.9 Å². The average molecular weight is 359 g/mol. The van der Waals surface area contributed by atoms with Gasteiger partial charge in [-0.3, -0.25) is 4.79 Å². The Bertz CT molecular complexity index is 918. The summed E-state index contributed by atoms with van der Waals surface area (Å²) in [5.74, 6) is -0.563. The molecule has 1 heterocycles. The van der Waals surface area contributed by atoms with E-state index in [0.717, 1.165) is 5.56 Å². The zero-order chi connectivity index (χ0) is 17.3. The van der Waals surface area contributed by atoms with Gasteiger partial charge in [-0.15, -0.1) is 11.8 Å². The van der Waals surface area contributed by atoms with Crippen LogP contribution in [0.1, 0.15) is 24.1 Å². The van der Waals surface area contributed by atoms with Crippen molar-refractivity contribution < 1.29 is 13.2 Å². The van der Waals surface area contributed by atoms with E-state index in [9.17, 15) is 13.2 Å². The SMILES string of the molecule is CSC1=C(C(=O)NC(C)c2ccccc2)S(=O)(=O)c2ccccc21. The maximum Gasteiger partial charge on any atom is 0.264 e. The molecule has 1 aliphatic rings. The van der Waals surface area contributed by atoms with Gasteiger partial charge in [0.25, 0.3) is 5.91 Å². The van der Waals surface area contributed by atoms with Gasteiger partial charge in [-0.1, -0.05) is 48.5 Å². The smallest absolute Gasteiger partial charge is 0.264 e. The van der Waals surface area contributed by atoms with Gasteiger partial charge in [0.2, 0.25) is 9.84 Å². The van der Waals surface area contributed by atoms with Gasteiger partial charge >= 0.3 is 0 Å². The Morgan fingerprint density at radius 1 is 1.04 bits per heavy atom. The minimum atomic E-state index is -3.79. The van der Waals surface area contributed by atoms with E-state index in [1.807, 2.05) is 37.3 Å². The summed E-state index contributed by atoms with van der Waals surface area (Å²) in [6, 6.07) is 15.9. The topological polar surface area (TPSA) is 63.2 Å². The second-order valence-electron chi connectivity index (χ2n) is 5.47. The Morgan fingerprint density at radius 2 is 1.67 bits per heavy atom. The standard InChI is InChI=1S/C18H17NO3S2/c1-12(13-8-4-3-5-9-13)19-18(20)17-16(23-2)14-10-6-7-11-15(14)24(17,21)22/h3-12H,1-2H3,(H,19,20). The predicted molar refractivity (Wildman–Crippen MR) is 97.1 cm³/mol. The van der Waals surface area contributed by atoms with E-state index in [1.165, 1.54) is 11.8 Å².